The summed E-state index contributed by atoms with van der Waals surface area (Å²) in [7, 11) is 0. The fourth-order valence-electron chi connectivity index (χ4n) is 13.6. The van der Waals surface area contributed by atoms with Crippen molar-refractivity contribution in [2.24, 2.45) is 0 Å². The van der Waals surface area contributed by atoms with Gasteiger partial charge in [-0.25, -0.2) is 0 Å². The average molecular weight is 799 g/mol. The third-order valence-electron chi connectivity index (χ3n) is 16.4. The highest BCUT2D eigenvalue weighted by Gasteiger charge is 2.44. The summed E-state index contributed by atoms with van der Waals surface area (Å²) in [5.74, 6) is 0. The number of fused-ring (bicyclic) bond motifs is 22. The molecular weight excluding hydrogens is 759 g/mol. The molecule has 12 aromatic rings. The van der Waals surface area contributed by atoms with Crippen LogP contribution in [0.3, 0.4) is 0 Å². The van der Waals surface area contributed by atoms with Gasteiger partial charge in [0.15, 0.2) is 0 Å². The highest BCUT2D eigenvalue weighted by Crippen LogP contribution is 2.55. The molecule has 0 radical (unpaired) electrons. The molecule has 0 N–H and O–H groups in total. The Morgan fingerprint density at radius 2 is 0.857 bits per heavy atom. The second-order valence-corrected chi connectivity index (χ2v) is 20.0. The summed E-state index contributed by atoms with van der Waals surface area (Å²) in [5.41, 5.74) is 23.0. The van der Waals surface area contributed by atoms with Crippen LogP contribution in [0.25, 0.3) is 110 Å². The number of nitrogens with zero attached hydrogens (tertiary/aromatic N) is 2. The van der Waals surface area contributed by atoms with Gasteiger partial charge in [0.25, 0.3) is 6.71 Å². The molecular formula is C60H39BN2. The van der Waals surface area contributed by atoms with Crippen molar-refractivity contribution in [3.8, 4) is 33.6 Å². The van der Waals surface area contributed by atoms with Crippen molar-refractivity contribution in [2.45, 2.75) is 38.5 Å². The fourth-order valence-corrected chi connectivity index (χ4v) is 13.6. The van der Waals surface area contributed by atoms with E-state index in [2.05, 4.69) is 201 Å². The molecule has 2 nitrogen and oxygen atoms in total. The van der Waals surface area contributed by atoms with Crippen LogP contribution in [0, 0.1) is 0 Å². The first-order valence-corrected chi connectivity index (χ1v) is 22.6. The minimum absolute atomic E-state index is 0.0848. The highest BCUT2D eigenvalue weighted by molar-refractivity contribution is 7.00. The molecule has 292 valence electrons. The molecule has 63 heavy (non-hydrogen) atoms. The smallest absolute Gasteiger partial charge is 0.252 e. The third-order valence-corrected chi connectivity index (χ3v) is 16.4. The van der Waals surface area contributed by atoms with Gasteiger partial charge in [-0.05, 0) is 118 Å². The van der Waals surface area contributed by atoms with Crippen LogP contribution in [-0.2, 0) is 10.8 Å². The number of aromatic nitrogens is 2. The van der Waals surface area contributed by atoms with E-state index in [4.69, 9.17) is 0 Å². The number of benzene rings is 10. The third kappa shape index (κ3) is 3.65. The zero-order valence-corrected chi connectivity index (χ0v) is 35.6. The van der Waals surface area contributed by atoms with Crippen molar-refractivity contribution in [2.75, 3.05) is 0 Å². The molecule has 0 atom stereocenters. The van der Waals surface area contributed by atoms with Gasteiger partial charge in [-0.1, -0.05) is 161 Å². The van der Waals surface area contributed by atoms with Crippen molar-refractivity contribution in [1.82, 2.24) is 9.13 Å². The lowest BCUT2D eigenvalue weighted by atomic mass is 9.34. The summed E-state index contributed by atoms with van der Waals surface area (Å²) >= 11 is 0. The quantitative estimate of drug-likeness (QED) is 0.135. The van der Waals surface area contributed by atoms with Gasteiger partial charge in [0.05, 0.1) is 16.7 Å². The van der Waals surface area contributed by atoms with Gasteiger partial charge >= 0.3 is 0 Å². The maximum absolute atomic E-state index is 2.69. The van der Waals surface area contributed by atoms with Gasteiger partial charge < -0.3 is 9.13 Å². The van der Waals surface area contributed by atoms with Crippen LogP contribution in [0.5, 0.6) is 0 Å². The average Bonchev–Trinajstić information content (AvgIpc) is 3.96. The number of hydrogen-bond acceptors (Lipinski definition) is 0. The van der Waals surface area contributed by atoms with Crippen LogP contribution in [-0.4, -0.2) is 15.8 Å². The summed E-state index contributed by atoms with van der Waals surface area (Å²) in [6.07, 6.45) is 0. The summed E-state index contributed by atoms with van der Waals surface area (Å²) in [6, 6.07) is 63.5. The zero-order valence-electron chi connectivity index (χ0n) is 35.6. The van der Waals surface area contributed by atoms with E-state index in [0.29, 0.717) is 0 Å². The lowest BCUT2D eigenvalue weighted by molar-refractivity contribution is 0.661. The van der Waals surface area contributed by atoms with Gasteiger partial charge in [-0.3, -0.25) is 0 Å². The van der Waals surface area contributed by atoms with E-state index in [-0.39, 0.29) is 17.5 Å². The van der Waals surface area contributed by atoms with Crippen LogP contribution >= 0.6 is 0 Å². The van der Waals surface area contributed by atoms with Crippen LogP contribution < -0.4 is 16.4 Å². The Labute approximate surface area is 364 Å². The van der Waals surface area contributed by atoms with E-state index >= 15 is 0 Å². The Hall–Kier alpha value is -7.36. The van der Waals surface area contributed by atoms with Crippen LogP contribution in [0.15, 0.2) is 164 Å². The van der Waals surface area contributed by atoms with Crippen LogP contribution in [0.2, 0.25) is 0 Å². The largest absolute Gasteiger partial charge is 0.310 e. The first-order chi connectivity index (χ1) is 30.8. The normalized spacial score (nSPS) is 15.5. The number of para-hydroxylation sites is 2. The van der Waals surface area contributed by atoms with Crippen LogP contribution in [0.4, 0.5) is 0 Å². The molecule has 2 aliphatic carbocycles. The van der Waals surface area contributed by atoms with Gasteiger partial charge in [0.1, 0.15) is 0 Å². The molecule has 2 aliphatic heterocycles. The maximum Gasteiger partial charge on any atom is 0.252 e. The maximum atomic E-state index is 2.69. The molecule has 0 saturated heterocycles. The Balaban J connectivity index is 1.05. The topological polar surface area (TPSA) is 9.86 Å². The van der Waals surface area contributed by atoms with Crippen LogP contribution in [0.1, 0.15) is 49.9 Å². The van der Waals surface area contributed by atoms with E-state index in [9.17, 15) is 0 Å². The molecule has 16 rings (SSSR count). The SMILES string of the molecule is CC1(C)c2cc3c(cc2-c2c1ccc1ccccc21)c1cccc2c1n3-c1cc3ccccc3c3c1B2c1cccc2c4cc5c(cc4n-3c12)C(C)(C)c1ccc2ccccc2c1-5. The molecule has 0 bridgehead atoms. The first-order valence-electron chi connectivity index (χ1n) is 22.6. The summed E-state index contributed by atoms with van der Waals surface area (Å²) < 4.78 is 5.35. The molecule has 0 fully saturated rings. The van der Waals surface area contributed by atoms with Crippen molar-refractivity contribution in [3.63, 3.8) is 0 Å². The summed E-state index contributed by atoms with van der Waals surface area (Å²) in [6.45, 7) is 9.79. The number of hydrogen-bond donors (Lipinski definition) is 0. The van der Waals surface area contributed by atoms with Crippen molar-refractivity contribution < 1.29 is 0 Å². The van der Waals surface area contributed by atoms with Crippen molar-refractivity contribution in [3.05, 3.63) is 186 Å². The lowest BCUT2D eigenvalue weighted by Gasteiger charge is -2.34. The molecule has 0 amide bonds. The monoisotopic (exact) mass is 798 g/mol. The van der Waals surface area contributed by atoms with E-state index < -0.39 is 0 Å². The number of rotatable bonds is 0. The standard InChI is InChI=1S/C60H39BN2/c1-59(2)44-25-23-32-13-5-8-16-35(32)53(44)42-28-40-38-19-11-21-48-56(38)62(50(40)30-46(42)59)52-27-34-15-7-10-18-37(34)58-55(52)61(48)49-22-12-20-39-41-29-43-47(31-51(41)63(58)57(39)49)60(3,4)45-26-24-33-14-6-9-17-36(33)54(43)45/h5-31H,1-4H3. The zero-order chi connectivity index (χ0) is 41.4. The van der Waals surface area contributed by atoms with Gasteiger partial charge in [-0.2, -0.15) is 0 Å². The van der Waals surface area contributed by atoms with Gasteiger partial charge in [-0.15, -0.1) is 0 Å². The molecule has 4 aliphatic rings. The second kappa shape index (κ2) is 10.6. The fraction of sp³-hybridized carbons (Fsp3) is 0.100. The minimum atomic E-state index is -0.146. The highest BCUT2D eigenvalue weighted by atomic mass is 15.0. The van der Waals surface area contributed by atoms with Crippen molar-refractivity contribution in [1.29, 1.82) is 0 Å². The molecule has 0 saturated carbocycles. The summed E-state index contributed by atoms with van der Waals surface area (Å²) in [5, 5.41) is 13.2. The predicted octanol–water partition coefficient (Wildman–Crippen LogP) is 13.1. The lowest BCUT2D eigenvalue weighted by Crippen LogP contribution is -2.59. The minimum Gasteiger partial charge on any atom is -0.310 e. The van der Waals surface area contributed by atoms with Gasteiger partial charge in [0.2, 0.25) is 0 Å². The molecule has 2 aromatic heterocycles. The van der Waals surface area contributed by atoms with Crippen molar-refractivity contribution >= 4 is 99.0 Å². The van der Waals surface area contributed by atoms with E-state index in [1.54, 1.807) is 0 Å². The summed E-state index contributed by atoms with van der Waals surface area (Å²) in [4.78, 5) is 0. The molecule has 0 spiro atoms. The Bertz CT molecular complexity index is 4210. The van der Waals surface area contributed by atoms with E-state index in [1.165, 1.54) is 148 Å². The van der Waals surface area contributed by atoms with E-state index in [0.717, 1.165) is 0 Å². The Morgan fingerprint density at radius 3 is 1.43 bits per heavy atom. The first kappa shape index (κ1) is 33.3. The van der Waals surface area contributed by atoms with E-state index in [1.807, 2.05) is 0 Å². The molecule has 0 unspecified atom stereocenters. The van der Waals surface area contributed by atoms with Gasteiger partial charge in [0, 0.05) is 54.5 Å². The second-order valence-electron chi connectivity index (χ2n) is 20.0. The Morgan fingerprint density at radius 1 is 0.381 bits per heavy atom. The predicted molar refractivity (Wildman–Crippen MR) is 267 cm³/mol. The molecule has 4 heterocycles. The Kier molecular flexibility index (Phi) is 5.62. The molecule has 10 aromatic carbocycles. The molecule has 3 heteroatoms.